The molecule has 116 valence electrons. The zero-order chi connectivity index (χ0) is 16.2. The molecule has 1 fully saturated rings. The van der Waals surface area contributed by atoms with Gasteiger partial charge in [-0.05, 0) is 66.8 Å². The number of aryl methyl sites for hydroxylation is 1. The van der Waals surface area contributed by atoms with Crippen molar-refractivity contribution in [3.8, 4) is 6.07 Å². The van der Waals surface area contributed by atoms with E-state index in [1.165, 1.54) is 30.7 Å². The van der Waals surface area contributed by atoms with Crippen LogP contribution in [-0.4, -0.2) is 13.1 Å². The number of halogens is 1. The monoisotopic (exact) mass is 306 g/mol. The lowest BCUT2D eigenvalue weighted by molar-refractivity contribution is 0.627. The third kappa shape index (κ3) is 3.43. The van der Waals surface area contributed by atoms with Crippen molar-refractivity contribution >= 4 is 17.3 Å². The van der Waals surface area contributed by atoms with Gasteiger partial charge in [-0.25, -0.2) is 4.39 Å². The summed E-state index contributed by atoms with van der Waals surface area (Å²) in [6, 6.07) is 14.6. The van der Waals surface area contributed by atoms with E-state index in [0.717, 1.165) is 29.8 Å². The molecule has 1 aliphatic rings. The summed E-state index contributed by atoms with van der Waals surface area (Å²) in [4.78, 5) is 2.39. The van der Waals surface area contributed by atoms with Crippen LogP contribution in [0, 0.1) is 24.1 Å². The van der Waals surface area contributed by atoms with E-state index in [4.69, 9.17) is 0 Å². The average molecular weight is 306 g/mol. The van der Waals surface area contributed by atoms with Gasteiger partial charge in [0.15, 0.2) is 0 Å². The van der Waals surface area contributed by atoms with Crippen LogP contribution in [0.2, 0.25) is 0 Å². The van der Waals surface area contributed by atoms with Crippen molar-refractivity contribution < 1.29 is 4.39 Å². The van der Waals surface area contributed by atoms with Crippen LogP contribution in [-0.2, 0) is 0 Å². The Labute approximate surface area is 136 Å². The molecule has 3 rings (SSSR count). The van der Waals surface area contributed by atoms with Crippen LogP contribution in [0.1, 0.15) is 29.5 Å². The fourth-order valence-corrected chi connectivity index (χ4v) is 2.96. The molecular formula is C20H19FN2. The zero-order valence-corrected chi connectivity index (χ0v) is 13.2. The van der Waals surface area contributed by atoms with E-state index in [-0.39, 0.29) is 5.82 Å². The standard InChI is InChI=1S/C20H19FN2/c1-15-12-20(23-10-2-3-11-23)9-6-17(15)13-18(14-22)16-4-7-19(21)8-5-16/h4-9,12-13H,2-3,10-11H2,1H3/b18-13+. The molecule has 0 bridgehead atoms. The van der Waals surface area contributed by atoms with Gasteiger partial charge in [-0.1, -0.05) is 18.2 Å². The number of hydrogen-bond acceptors (Lipinski definition) is 2. The first-order chi connectivity index (χ1) is 11.2. The summed E-state index contributed by atoms with van der Waals surface area (Å²) in [5.74, 6) is -0.294. The van der Waals surface area contributed by atoms with Crippen molar-refractivity contribution in [1.82, 2.24) is 0 Å². The summed E-state index contributed by atoms with van der Waals surface area (Å²) >= 11 is 0. The van der Waals surface area contributed by atoms with Gasteiger partial charge in [0.05, 0.1) is 11.6 Å². The topological polar surface area (TPSA) is 27.0 Å². The lowest BCUT2D eigenvalue weighted by Gasteiger charge is -2.18. The molecule has 0 amide bonds. The summed E-state index contributed by atoms with van der Waals surface area (Å²) < 4.78 is 13.0. The van der Waals surface area contributed by atoms with Crippen LogP contribution in [0.5, 0.6) is 0 Å². The predicted octanol–water partition coefficient (Wildman–Crippen LogP) is 4.80. The van der Waals surface area contributed by atoms with Gasteiger partial charge in [0.2, 0.25) is 0 Å². The fraction of sp³-hybridized carbons (Fsp3) is 0.250. The van der Waals surface area contributed by atoms with Crippen molar-refractivity contribution in [2.45, 2.75) is 19.8 Å². The quantitative estimate of drug-likeness (QED) is 0.601. The lowest BCUT2D eigenvalue weighted by atomic mass is 10.0. The number of nitriles is 1. The Balaban J connectivity index is 1.91. The minimum Gasteiger partial charge on any atom is -0.372 e. The maximum atomic E-state index is 13.0. The molecular weight excluding hydrogens is 287 g/mol. The summed E-state index contributed by atoms with van der Waals surface area (Å²) in [5, 5.41) is 9.41. The lowest BCUT2D eigenvalue weighted by Crippen LogP contribution is -2.17. The van der Waals surface area contributed by atoms with Crippen molar-refractivity contribution in [1.29, 1.82) is 5.26 Å². The second-order valence-electron chi connectivity index (χ2n) is 5.91. The molecule has 0 radical (unpaired) electrons. The second-order valence-corrected chi connectivity index (χ2v) is 5.91. The SMILES string of the molecule is Cc1cc(N2CCCC2)ccc1/C=C(\C#N)c1ccc(F)cc1. The van der Waals surface area contributed by atoms with Crippen LogP contribution < -0.4 is 4.90 Å². The van der Waals surface area contributed by atoms with Gasteiger partial charge in [-0.2, -0.15) is 5.26 Å². The molecule has 0 spiro atoms. The highest BCUT2D eigenvalue weighted by atomic mass is 19.1. The first-order valence-corrected chi connectivity index (χ1v) is 7.91. The molecule has 2 aromatic rings. The predicted molar refractivity (Wildman–Crippen MR) is 92.5 cm³/mol. The van der Waals surface area contributed by atoms with E-state index < -0.39 is 0 Å². The van der Waals surface area contributed by atoms with Gasteiger partial charge in [0, 0.05) is 18.8 Å². The Bertz CT molecular complexity index is 763. The Hall–Kier alpha value is -2.60. The maximum absolute atomic E-state index is 13.0. The molecule has 23 heavy (non-hydrogen) atoms. The molecule has 0 saturated carbocycles. The van der Waals surface area contributed by atoms with Gasteiger partial charge in [-0.3, -0.25) is 0 Å². The van der Waals surface area contributed by atoms with Gasteiger partial charge < -0.3 is 4.90 Å². The van der Waals surface area contributed by atoms with Crippen molar-refractivity contribution in [2.75, 3.05) is 18.0 Å². The maximum Gasteiger partial charge on any atom is 0.123 e. The van der Waals surface area contributed by atoms with Crippen LogP contribution in [0.4, 0.5) is 10.1 Å². The molecule has 0 aromatic heterocycles. The van der Waals surface area contributed by atoms with Crippen LogP contribution in [0.3, 0.4) is 0 Å². The molecule has 3 heteroatoms. The molecule has 1 saturated heterocycles. The average Bonchev–Trinajstić information content (AvgIpc) is 3.09. The molecule has 0 unspecified atom stereocenters. The highest BCUT2D eigenvalue weighted by molar-refractivity contribution is 5.90. The van der Waals surface area contributed by atoms with E-state index in [9.17, 15) is 9.65 Å². The number of benzene rings is 2. The summed E-state index contributed by atoms with van der Waals surface area (Å²) in [6.45, 7) is 4.30. The van der Waals surface area contributed by atoms with Crippen molar-refractivity contribution in [3.63, 3.8) is 0 Å². The summed E-state index contributed by atoms with van der Waals surface area (Å²) in [7, 11) is 0. The van der Waals surface area contributed by atoms with E-state index >= 15 is 0 Å². The third-order valence-electron chi connectivity index (χ3n) is 4.30. The van der Waals surface area contributed by atoms with E-state index in [0.29, 0.717) is 5.57 Å². The fourth-order valence-electron chi connectivity index (χ4n) is 2.96. The second kappa shape index (κ2) is 6.66. The van der Waals surface area contributed by atoms with E-state index in [1.807, 2.05) is 6.08 Å². The van der Waals surface area contributed by atoms with Crippen LogP contribution >= 0.6 is 0 Å². The zero-order valence-electron chi connectivity index (χ0n) is 13.2. The third-order valence-corrected chi connectivity index (χ3v) is 4.30. The Kier molecular flexibility index (Phi) is 4.43. The molecule has 2 nitrogen and oxygen atoms in total. The van der Waals surface area contributed by atoms with Crippen molar-refractivity contribution in [3.05, 3.63) is 65.0 Å². The van der Waals surface area contributed by atoms with E-state index in [1.54, 1.807) is 12.1 Å². The highest BCUT2D eigenvalue weighted by Gasteiger charge is 2.13. The number of rotatable bonds is 3. The first kappa shape index (κ1) is 15.3. The summed E-state index contributed by atoms with van der Waals surface area (Å²) in [5.41, 5.74) is 4.69. The minimum absolute atomic E-state index is 0.294. The van der Waals surface area contributed by atoms with Gasteiger partial charge in [0.25, 0.3) is 0 Å². The molecule has 1 heterocycles. The normalized spacial score (nSPS) is 14.8. The first-order valence-electron chi connectivity index (χ1n) is 7.91. The van der Waals surface area contributed by atoms with Crippen LogP contribution in [0.25, 0.3) is 11.6 Å². The molecule has 2 aromatic carbocycles. The minimum atomic E-state index is -0.294. The van der Waals surface area contributed by atoms with Gasteiger partial charge in [0.1, 0.15) is 5.82 Å². The molecule has 0 atom stereocenters. The summed E-state index contributed by atoms with van der Waals surface area (Å²) in [6.07, 6.45) is 4.38. The van der Waals surface area contributed by atoms with Gasteiger partial charge >= 0.3 is 0 Å². The largest absolute Gasteiger partial charge is 0.372 e. The Morgan fingerprint density at radius 2 is 1.83 bits per heavy atom. The van der Waals surface area contributed by atoms with Crippen LogP contribution in [0.15, 0.2) is 42.5 Å². The Morgan fingerprint density at radius 3 is 2.43 bits per heavy atom. The van der Waals surface area contributed by atoms with E-state index in [2.05, 4.69) is 36.1 Å². The number of nitrogens with zero attached hydrogens (tertiary/aromatic N) is 2. The molecule has 0 N–H and O–H groups in total. The molecule has 1 aliphatic heterocycles. The number of anilines is 1. The number of hydrogen-bond donors (Lipinski definition) is 0. The smallest absolute Gasteiger partial charge is 0.123 e. The number of allylic oxidation sites excluding steroid dienone is 1. The Morgan fingerprint density at radius 1 is 1.13 bits per heavy atom. The van der Waals surface area contributed by atoms with Crippen molar-refractivity contribution in [2.24, 2.45) is 0 Å². The van der Waals surface area contributed by atoms with Gasteiger partial charge in [-0.15, -0.1) is 0 Å². The highest BCUT2D eigenvalue weighted by Crippen LogP contribution is 2.26. The molecule has 0 aliphatic carbocycles.